The Kier molecular flexibility index (Phi) is 8.02. The first-order chi connectivity index (χ1) is 16.7. The molecule has 184 valence electrons. The Bertz CT molecular complexity index is 1290. The average Bonchev–Trinajstić information content (AvgIpc) is 2.83. The summed E-state index contributed by atoms with van der Waals surface area (Å²) in [6, 6.07) is 19.0. The van der Waals surface area contributed by atoms with E-state index in [0.29, 0.717) is 16.4 Å². The molecule has 3 aromatic carbocycles. The monoisotopic (exact) mass is 531 g/mol. The molecule has 1 aliphatic rings. The minimum Gasteiger partial charge on any atom is -0.326 e. The summed E-state index contributed by atoms with van der Waals surface area (Å²) >= 11 is 12.0. The van der Waals surface area contributed by atoms with Crippen LogP contribution < -0.4 is 10.0 Å². The Balaban J connectivity index is 1.30. The fourth-order valence-corrected chi connectivity index (χ4v) is 5.39. The predicted molar refractivity (Wildman–Crippen MR) is 142 cm³/mol. The normalized spacial score (nSPS) is 15.1. The predicted octanol–water partition coefficient (Wildman–Crippen LogP) is 5.95. The van der Waals surface area contributed by atoms with Gasteiger partial charge >= 0.3 is 0 Å². The van der Waals surface area contributed by atoms with Crippen LogP contribution in [0.4, 0.5) is 11.4 Å². The number of likely N-dealkylation sites (tertiary alicyclic amines) is 1. The van der Waals surface area contributed by atoms with Gasteiger partial charge in [0.15, 0.2) is 0 Å². The number of anilines is 2. The van der Waals surface area contributed by atoms with Crippen LogP contribution in [0.3, 0.4) is 0 Å². The summed E-state index contributed by atoms with van der Waals surface area (Å²) < 4.78 is 27.9. The lowest BCUT2D eigenvalue weighted by atomic mass is 9.95. The highest BCUT2D eigenvalue weighted by atomic mass is 35.5. The van der Waals surface area contributed by atoms with Gasteiger partial charge < -0.3 is 5.32 Å². The van der Waals surface area contributed by atoms with Gasteiger partial charge in [-0.05, 0) is 92.5 Å². The molecule has 1 saturated heterocycles. The van der Waals surface area contributed by atoms with Crippen LogP contribution in [0.2, 0.25) is 10.0 Å². The van der Waals surface area contributed by atoms with E-state index in [-0.39, 0.29) is 16.7 Å². The number of carbonyl (C=O) groups is 1. The molecule has 1 amide bonds. The van der Waals surface area contributed by atoms with E-state index in [1.807, 2.05) is 31.2 Å². The van der Waals surface area contributed by atoms with Gasteiger partial charge in [-0.2, -0.15) is 0 Å². The first kappa shape index (κ1) is 25.5. The Hall–Kier alpha value is -2.58. The summed E-state index contributed by atoms with van der Waals surface area (Å²) in [4.78, 5) is 15.2. The molecule has 35 heavy (non-hydrogen) atoms. The maximum atomic E-state index is 12.8. The van der Waals surface area contributed by atoms with E-state index in [1.54, 1.807) is 30.3 Å². The van der Waals surface area contributed by atoms with Crippen molar-refractivity contribution in [3.63, 3.8) is 0 Å². The van der Waals surface area contributed by atoms with Crippen molar-refractivity contribution in [3.05, 3.63) is 87.9 Å². The van der Waals surface area contributed by atoms with Crippen molar-refractivity contribution < 1.29 is 13.2 Å². The lowest BCUT2D eigenvalue weighted by Gasteiger charge is -2.31. The van der Waals surface area contributed by atoms with Gasteiger partial charge in [-0.15, -0.1) is 0 Å². The zero-order chi connectivity index (χ0) is 25.0. The first-order valence-electron chi connectivity index (χ1n) is 11.4. The van der Waals surface area contributed by atoms with Crippen LogP contribution in [0.15, 0.2) is 71.6 Å². The molecule has 0 spiro atoms. The number of hydrogen-bond donors (Lipinski definition) is 2. The first-order valence-corrected chi connectivity index (χ1v) is 13.6. The van der Waals surface area contributed by atoms with E-state index < -0.39 is 10.0 Å². The third-order valence-electron chi connectivity index (χ3n) is 6.13. The lowest BCUT2D eigenvalue weighted by molar-refractivity contribution is -0.121. The number of sulfonamides is 1. The second-order valence-electron chi connectivity index (χ2n) is 8.76. The van der Waals surface area contributed by atoms with Crippen molar-refractivity contribution in [2.45, 2.75) is 31.2 Å². The lowest BCUT2D eigenvalue weighted by Crippen LogP contribution is -2.37. The Morgan fingerprint density at radius 1 is 0.943 bits per heavy atom. The molecule has 0 aromatic heterocycles. The molecule has 0 saturated carbocycles. The highest BCUT2D eigenvalue weighted by Gasteiger charge is 2.25. The fourth-order valence-electron chi connectivity index (χ4n) is 4.03. The number of piperidine rings is 1. The molecule has 1 heterocycles. The molecule has 0 atom stereocenters. The van der Waals surface area contributed by atoms with E-state index in [0.717, 1.165) is 43.1 Å². The average molecular weight is 532 g/mol. The summed E-state index contributed by atoms with van der Waals surface area (Å²) in [7, 11) is -3.78. The maximum absolute atomic E-state index is 12.8. The van der Waals surface area contributed by atoms with Crippen LogP contribution in [0.5, 0.6) is 0 Å². The van der Waals surface area contributed by atoms with Gasteiger partial charge in [-0.25, -0.2) is 8.42 Å². The van der Waals surface area contributed by atoms with E-state index in [1.165, 1.54) is 17.7 Å². The van der Waals surface area contributed by atoms with Crippen molar-refractivity contribution in [3.8, 4) is 0 Å². The maximum Gasteiger partial charge on any atom is 0.261 e. The molecule has 9 heteroatoms. The van der Waals surface area contributed by atoms with Gasteiger partial charge in [0.2, 0.25) is 5.91 Å². The third kappa shape index (κ3) is 6.76. The number of nitrogens with zero attached hydrogens (tertiary/aromatic N) is 1. The van der Waals surface area contributed by atoms with Crippen LogP contribution in [-0.2, 0) is 21.4 Å². The van der Waals surface area contributed by atoms with E-state index in [9.17, 15) is 13.2 Å². The van der Waals surface area contributed by atoms with Gasteiger partial charge in [0.1, 0.15) is 0 Å². The zero-order valence-corrected chi connectivity index (χ0v) is 21.6. The highest BCUT2D eigenvalue weighted by Crippen LogP contribution is 2.25. The number of carbonyl (C=O) groups excluding carboxylic acids is 1. The van der Waals surface area contributed by atoms with Gasteiger partial charge in [-0.1, -0.05) is 41.4 Å². The molecule has 2 N–H and O–H groups in total. The SMILES string of the molecule is Cc1ccc(NS(=O)(=O)c2ccc(NC(=O)C3CCN(Cc4ccc(Cl)cc4)CC3)cc2)cc1Cl. The molecule has 4 rings (SSSR count). The number of rotatable bonds is 7. The van der Waals surface area contributed by atoms with Crippen LogP contribution in [0.1, 0.15) is 24.0 Å². The molecule has 1 fully saturated rings. The number of hydrogen-bond acceptors (Lipinski definition) is 4. The van der Waals surface area contributed by atoms with Crippen molar-refractivity contribution in [1.82, 2.24) is 4.90 Å². The zero-order valence-electron chi connectivity index (χ0n) is 19.3. The highest BCUT2D eigenvalue weighted by molar-refractivity contribution is 7.92. The summed E-state index contributed by atoms with van der Waals surface area (Å²) in [5.41, 5.74) is 3.02. The van der Waals surface area contributed by atoms with Gasteiger partial charge in [0.25, 0.3) is 10.0 Å². The molecular weight excluding hydrogens is 505 g/mol. The summed E-state index contributed by atoms with van der Waals surface area (Å²) in [6.45, 7) is 4.36. The van der Waals surface area contributed by atoms with E-state index in [2.05, 4.69) is 14.9 Å². The van der Waals surface area contributed by atoms with Crippen LogP contribution in [0.25, 0.3) is 0 Å². The second-order valence-corrected chi connectivity index (χ2v) is 11.3. The standard InChI is InChI=1S/C26H27Cl2N3O3S/c1-18-2-7-23(16-25(18)28)30-35(33,34)24-10-8-22(9-11-24)29-26(32)20-12-14-31(15-13-20)17-19-3-5-21(27)6-4-19/h2-11,16,20,30H,12-15,17H2,1H3,(H,29,32). The largest absolute Gasteiger partial charge is 0.326 e. The van der Waals surface area contributed by atoms with Crippen LogP contribution in [-0.4, -0.2) is 32.3 Å². The quantitative estimate of drug-likeness (QED) is 0.394. The Morgan fingerprint density at radius 2 is 1.57 bits per heavy atom. The smallest absolute Gasteiger partial charge is 0.261 e. The molecular formula is C26H27Cl2N3O3S. The number of benzene rings is 3. The van der Waals surface area contributed by atoms with Crippen molar-refractivity contribution in [2.75, 3.05) is 23.1 Å². The number of aryl methyl sites for hydroxylation is 1. The Morgan fingerprint density at radius 3 is 2.20 bits per heavy atom. The Labute approximate surface area is 216 Å². The second kappa shape index (κ2) is 11.0. The number of amides is 1. The minimum absolute atomic E-state index is 0.0424. The molecule has 0 aliphatic carbocycles. The van der Waals surface area contributed by atoms with Crippen LogP contribution in [0, 0.1) is 12.8 Å². The molecule has 6 nitrogen and oxygen atoms in total. The topological polar surface area (TPSA) is 78.5 Å². The summed E-state index contributed by atoms with van der Waals surface area (Å²) in [5, 5.41) is 4.13. The molecule has 0 bridgehead atoms. The summed E-state index contributed by atoms with van der Waals surface area (Å²) in [5.74, 6) is -0.119. The summed E-state index contributed by atoms with van der Waals surface area (Å²) in [6.07, 6.45) is 1.55. The molecule has 3 aromatic rings. The molecule has 0 radical (unpaired) electrons. The molecule has 1 aliphatic heterocycles. The number of halogens is 2. The number of nitrogens with one attached hydrogen (secondary N) is 2. The molecule has 0 unspecified atom stereocenters. The third-order valence-corrected chi connectivity index (χ3v) is 8.19. The van der Waals surface area contributed by atoms with Crippen LogP contribution >= 0.6 is 23.2 Å². The minimum atomic E-state index is -3.78. The fraction of sp³-hybridized carbons (Fsp3) is 0.269. The van der Waals surface area contributed by atoms with Gasteiger partial charge in [0, 0.05) is 28.2 Å². The van der Waals surface area contributed by atoms with E-state index in [4.69, 9.17) is 23.2 Å². The van der Waals surface area contributed by atoms with Gasteiger partial charge in [0.05, 0.1) is 10.6 Å². The van der Waals surface area contributed by atoms with Gasteiger partial charge in [-0.3, -0.25) is 14.4 Å². The van der Waals surface area contributed by atoms with Crippen molar-refractivity contribution >= 4 is 50.5 Å². The van der Waals surface area contributed by atoms with Crippen molar-refractivity contribution in [2.24, 2.45) is 5.92 Å². The van der Waals surface area contributed by atoms with E-state index >= 15 is 0 Å². The van der Waals surface area contributed by atoms with Crippen molar-refractivity contribution in [1.29, 1.82) is 0 Å².